The first-order chi connectivity index (χ1) is 14.7. The maximum Gasteiger partial charge on any atom is 0.303 e. The van der Waals surface area contributed by atoms with Crippen LogP contribution in [0.15, 0.2) is 48.7 Å². The van der Waals surface area contributed by atoms with Crippen LogP contribution >= 0.6 is 22.6 Å². The van der Waals surface area contributed by atoms with Crippen molar-refractivity contribution < 1.29 is 19.1 Å². The molecule has 7 heteroatoms. The summed E-state index contributed by atoms with van der Waals surface area (Å²) in [5.74, 6) is -1.26. The number of fused-ring (bicyclic) bond motifs is 1. The third-order valence-corrected chi connectivity index (χ3v) is 8.05. The van der Waals surface area contributed by atoms with E-state index < -0.39 is 5.97 Å². The van der Waals surface area contributed by atoms with E-state index in [2.05, 4.69) is 27.9 Å². The highest BCUT2D eigenvalue weighted by Crippen LogP contribution is 2.72. The summed E-state index contributed by atoms with van der Waals surface area (Å²) in [7, 11) is 0. The molecule has 6 rings (SSSR count). The number of nitrogens with one attached hydrogen (secondary N) is 1. The van der Waals surface area contributed by atoms with Gasteiger partial charge in [-0.1, -0.05) is 19.1 Å². The van der Waals surface area contributed by atoms with Gasteiger partial charge in [-0.3, -0.25) is 9.59 Å². The summed E-state index contributed by atoms with van der Waals surface area (Å²) in [5.41, 5.74) is 1.55. The average molecular weight is 532 g/mol. The standard InChI is InChI=1S/C24H22FIN2O3/c1-14-23(10-20(29)30)12-24(14,13-23)27-22(31)18-6-7-19(25)17-8-9-28(21(17)18)11-15-2-4-16(26)5-3-15/h2-9,14H,10-13H2,1H3,(H,27,31)(H,29,30)/t14-,23?,24?/m0/s1. The lowest BCUT2D eigenvalue weighted by atomic mass is 9.32. The Kier molecular flexibility index (Phi) is 4.66. The molecule has 2 bridgehead atoms. The van der Waals surface area contributed by atoms with E-state index in [9.17, 15) is 14.0 Å². The third-order valence-electron chi connectivity index (χ3n) is 7.33. The number of rotatable bonds is 6. The van der Waals surface area contributed by atoms with Gasteiger partial charge in [0.25, 0.3) is 5.91 Å². The first-order valence-corrected chi connectivity index (χ1v) is 11.4. The number of carboxylic acid groups (broad SMARTS) is 1. The van der Waals surface area contributed by atoms with Crippen LogP contribution < -0.4 is 5.32 Å². The zero-order valence-corrected chi connectivity index (χ0v) is 19.1. The smallest absolute Gasteiger partial charge is 0.303 e. The van der Waals surface area contributed by atoms with Crippen molar-refractivity contribution >= 4 is 45.4 Å². The molecule has 0 saturated heterocycles. The number of hydrogen-bond acceptors (Lipinski definition) is 2. The van der Waals surface area contributed by atoms with Crippen molar-refractivity contribution in [2.45, 2.75) is 38.3 Å². The van der Waals surface area contributed by atoms with Gasteiger partial charge in [-0.05, 0) is 82.7 Å². The summed E-state index contributed by atoms with van der Waals surface area (Å²) in [4.78, 5) is 24.4. The highest BCUT2D eigenvalue weighted by molar-refractivity contribution is 14.1. The van der Waals surface area contributed by atoms with E-state index in [4.69, 9.17) is 5.11 Å². The minimum Gasteiger partial charge on any atom is -0.481 e. The predicted octanol–water partition coefficient (Wildman–Crippen LogP) is 4.81. The van der Waals surface area contributed by atoms with E-state index in [1.54, 1.807) is 12.1 Å². The van der Waals surface area contributed by atoms with E-state index in [0.717, 1.165) is 9.13 Å². The average Bonchev–Trinajstić information content (AvgIpc) is 3.13. The number of carbonyl (C=O) groups excluding carboxylic acids is 1. The highest BCUT2D eigenvalue weighted by atomic mass is 127. The van der Waals surface area contributed by atoms with Crippen LogP contribution in [0.5, 0.6) is 0 Å². The van der Waals surface area contributed by atoms with Gasteiger partial charge in [0.2, 0.25) is 0 Å². The second-order valence-corrected chi connectivity index (χ2v) is 10.3. The maximum atomic E-state index is 14.5. The molecule has 1 heterocycles. The second kappa shape index (κ2) is 7.05. The van der Waals surface area contributed by atoms with Crippen molar-refractivity contribution in [1.29, 1.82) is 0 Å². The monoisotopic (exact) mass is 532 g/mol. The molecular weight excluding hydrogens is 510 g/mol. The minimum atomic E-state index is -0.792. The molecule has 0 unspecified atom stereocenters. The second-order valence-electron chi connectivity index (χ2n) is 9.05. The van der Waals surface area contributed by atoms with Gasteiger partial charge in [0.05, 0.1) is 17.5 Å². The summed E-state index contributed by atoms with van der Waals surface area (Å²) in [6, 6.07) is 12.7. The Bertz CT molecular complexity index is 1210. The Labute approximate surface area is 192 Å². The first-order valence-electron chi connectivity index (χ1n) is 10.3. The molecule has 1 atom stereocenters. The van der Waals surface area contributed by atoms with Crippen molar-refractivity contribution in [3.05, 3.63) is 69.2 Å². The van der Waals surface area contributed by atoms with Crippen LogP contribution in [0.1, 0.15) is 42.1 Å². The van der Waals surface area contributed by atoms with Crippen LogP contribution in [0.3, 0.4) is 0 Å². The molecule has 2 N–H and O–H groups in total. The van der Waals surface area contributed by atoms with E-state index in [1.165, 1.54) is 6.07 Å². The fourth-order valence-electron chi connectivity index (χ4n) is 5.60. The van der Waals surface area contributed by atoms with Crippen LogP contribution in [0.4, 0.5) is 4.39 Å². The number of amides is 1. The lowest BCUT2D eigenvalue weighted by Gasteiger charge is -2.75. The maximum absolute atomic E-state index is 14.5. The third kappa shape index (κ3) is 3.16. The highest BCUT2D eigenvalue weighted by Gasteiger charge is 2.74. The van der Waals surface area contributed by atoms with Crippen molar-refractivity contribution in [2.75, 3.05) is 0 Å². The molecule has 3 fully saturated rings. The quantitative estimate of drug-likeness (QED) is 0.448. The Morgan fingerprint density at radius 3 is 2.55 bits per heavy atom. The molecule has 3 aliphatic carbocycles. The van der Waals surface area contributed by atoms with Crippen LogP contribution in [0.2, 0.25) is 0 Å². The zero-order chi connectivity index (χ0) is 22.0. The van der Waals surface area contributed by atoms with E-state index in [-0.39, 0.29) is 35.0 Å². The number of hydrogen-bond donors (Lipinski definition) is 2. The van der Waals surface area contributed by atoms with Gasteiger partial charge in [0.1, 0.15) is 5.82 Å². The van der Waals surface area contributed by atoms with Gasteiger partial charge in [-0.25, -0.2) is 4.39 Å². The van der Waals surface area contributed by atoms with Gasteiger partial charge in [-0.2, -0.15) is 0 Å². The van der Waals surface area contributed by atoms with Crippen LogP contribution in [0, 0.1) is 20.7 Å². The topological polar surface area (TPSA) is 71.3 Å². The van der Waals surface area contributed by atoms with Gasteiger partial charge < -0.3 is 15.0 Å². The minimum absolute atomic E-state index is 0.120. The Morgan fingerprint density at radius 1 is 1.19 bits per heavy atom. The van der Waals surface area contributed by atoms with E-state index in [0.29, 0.717) is 35.9 Å². The van der Waals surface area contributed by atoms with Crippen LogP contribution in [0.25, 0.3) is 10.9 Å². The number of halogens is 2. The summed E-state index contributed by atoms with van der Waals surface area (Å²) >= 11 is 2.25. The molecule has 3 aliphatic rings. The molecule has 2 aromatic carbocycles. The molecule has 0 spiro atoms. The van der Waals surface area contributed by atoms with Crippen molar-refractivity contribution in [2.24, 2.45) is 11.3 Å². The molecular formula is C24H22FIN2O3. The molecule has 3 aromatic rings. The molecule has 0 aliphatic heterocycles. The molecule has 1 aromatic heterocycles. The molecule has 31 heavy (non-hydrogen) atoms. The van der Waals surface area contributed by atoms with Crippen LogP contribution in [-0.4, -0.2) is 27.1 Å². The van der Waals surface area contributed by atoms with Crippen molar-refractivity contribution in [1.82, 2.24) is 9.88 Å². The number of nitrogens with zero attached hydrogens (tertiary/aromatic N) is 1. The molecule has 3 saturated carbocycles. The van der Waals surface area contributed by atoms with Crippen LogP contribution in [-0.2, 0) is 11.3 Å². The lowest BCUT2D eigenvalue weighted by molar-refractivity contribution is -0.222. The Balaban J connectivity index is 1.43. The van der Waals surface area contributed by atoms with Crippen molar-refractivity contribution in [3.63, 3.8) is 0 Å². The summed E-state index contributed by atoms with van der Waals surface area (Å²) in [6.07, 6.45) is 3.33. The number of carbonyl (C=O) groups is 2. The summed E-state index contributed by atoms with van der Waals surface area (Å²) in [6.45, 7) is 2.55. The number of carboxylic acids is 1. The largest absolute Gasteiger partial charge is 0.481 e. The van der Waals surface area contributed by atoms with E-state index in [1.807, 2.05) is 42.0 Å². The fourth-order valence-corrected chi connectivity index (χ4v) is 5.96. The number of aliphatic carboxylic acids is 1. The predicted molar refractivity (Wildman–Crippen MR) is 123 cm³/mol. The van der Waals surface area contributed by atoms with Gasteiger partial charge in [0, 0.05) is 27.2 Å². The Hall–Kier alpha value is -2.42. The van der Waals surface area contributed by atoms with Crippen molar-refractivity contribution in [3.8, 4) is 0 Å². The number of benzene rings is 2. The zero-order valence-electron chi connectivity index (χ0n) is 17.0. The fraction of sp³-hybridized carbons (Fsp3) is 0.333. The van der Waals surface area contributed by atoms with Gasteiger partial charge in [0.15, 0.2) is 0 Å². The SMILES string of the molecule is C[C@H]1C2(CC(=O)O)CC1(NC(=O)c1ccc(F)c3ccn(Cc4ccc(I)cc4)c13)C2. The van der Waals surface area contributed by atoms with Gasteiger partial charge >= 0.3 is 5.97 Å². The summed E-state index contributed by atoms with van der Waals surface area (Å²) < 4.78 is 17.5. The molecule has 160 valence electrons. The Morgan fingerprint density at radius 2 is 1.90 bits per heavy atom. The summed E-state index contributed by atoms with van der Waals surface area (Å²) in [5, 5.41) is 12.7. The van der Waals surface area contributed by atoms with Gasteiger partial charge in [-0.15, -0.1) is 0 Å². The first kappa shape index (κ1) is 20.5. The molecule has 1 amide bonds. The lowest BCUT2D eigenvalue weighted by Crippen LogP contribution is -2.81. The normalized spacial score (nSPS) is 26.2. The van der Waals surface area contributed by atoms with E-state index >= 15 is 0 Å². The molecule has 0 radical (unpaired) electrons. The molecule has 5 nitrogen and oxygen atoms in total. The number of aromatic nitrogens is 1.